The van der Waals surface area contributed by atoms with Gasteiger partial charge < -0.3 is 0 Å². The molecule has 0 aromatic heterocycles. The van der Waals surface area contributed by atoms with E-state index in [-0.39, 0.29) is 0 Å². The number of nitrogens with zero attached hydrogens (tertiary/aromatic N) is 1. The second-order valence-electron chi connectivity index (χ2n) is 2.23. The van der Waals surface area contributed by atoms with E-state index < -0.39 is 42.6 Å². The molecule has 0 spiro atoms. The fourth-order valence-corrected chi connectivity index (χ4v) is 7.26. The fraction of sp³-hybridized carbons (Fsp3) is 0.250. The van der Waals surface area contributed by atoms with Gasteiger partial charge >= 0.3 is 72.1 Å². The number of nitrogens with two attached hydrogens (primary N) is 1. The van der Waals surface area contributed by atoms with Crippen molar-refractivity contribution < 1.29 is 12.8 Å². The normalized spacial score (nSPS) is 18.3. The van der Waals surface area contributed by atoms with Gasteiger partial charge in [-0.15, -0.1) is 0 Å². The van der Waals surface area contributed by atoms with Crippen molar-refractivity contribution in [3.05, 3.63) is 9.66 Å². The van der Waals surface area contributed by atoms with Gasteiger partial charge in [0.05, 0.1) is 0 Å². The zero-order chi connectivity index (χ0) is 8.65. The molecule has 1 rings (SSSR count). The van der Waals surface area contributed by atoms with Crippen molar-refractivity contribution in [2.45, 2.75) is 4.68 Å². The van der Waals surface area contributed by atoms with Crippen molar-refractivity contribution in [1.82, 2.24) is 0 Å². The van der Waals surface area contributed by atoms with E-state index in [1.54, 1.807) is 4.68 Å². The third-order valence-electron chi connectivity index (χ3n) is 1.18. The van der Waals surface area contributed by atoms with Crippen LogP contribution in [0.1, 0.15) is 0 Å². The number of rotatable bonds is 0. The van der Waals surface area contributed by atoms with Gasteiger partial charge in [0, 0.05) is 0 Å². The van der Waals surface area contributed by atoms with Crippen molar-refractivity contribution in [3.8, 4) is 0 Å². The first-order chi connectivity index (χ1) is 4.91. The van der Waals surface area contributed by atoms with Crippen molar-refractivity contribution in [3.63, 3.8) is 0 Å². The van der Waals surface area contributed by atoms with Crippen molar-refractivity contribution in [1.29, 1.82) is 0 Å². The topological polar surface area (TPSA) is 72.5 Å². The van der Waals surface area contributed by atoms with Crippen molar-refractivity contribution >= 4 is 36.8 Å². The van der Waals surface area contributed by atoms with Gasteiger partial charge in [0.1, 0.15) is 0 Å². The van der Waals surface area contributed by atoms with E-state index in [2.05, 4.69) is 8.12 Å². The number of primary sulfonamides is 1. The molecule has 1 heterocycles. The molecule has 1 aliphatic heterocycles. The number of hydrogen-bond acceptors (Lipinski definition) is 3. The maximum absolute atomic E-state index is 12.7. The molecule has 7 heteroatoms. The van der Waals surface area contributed by atoms with Gasteiger partial charge in [-0.25, -0.2) is 0 Å². The van der Waals surface area contributed by atoms with E-state index in [4.69, 9.17) is 0 Å². The molecule has 4 nitrogen and oxygen atoms in total. The van der Waals surface area contributed by atoms with Crippen LogP contribution in [0.15, 0.2) is 12.6 Å². The molecule has 60 valence electrons. The molecule has 1 aliphatic rings. The molecule has 0 fully saturated rings. The summed E-state index contributed by atoms with van der Waals surface area (Å²) in [6.07, 6.45) is 0. The summed E-state index contributed by atoms with van der Waals surface area (Å²) in [4.78, 5) is 0. The van der Waals surface area contributed by atoms with Crippen molar-refractivity contribution in [2.24, 2.45) is 8.12 Å². The Labute approximate surface area is 72.0 Å². The Morgan fingerprint density at radius 3 is 2.45 bits per heavy atom. The molecule has 0 saturated heterocycles. The molecule has 2 N–H and O–H groups in total. The molecule has 0 saturated carbocycles. The molecule has 0 aliphatic carbocycles. The Morgan fingerprint density at radius 2 is 2.27 bits per heavy atom. The Morgan fingerprint density at radius 1 is 1.73 bits per heavy atom. The summed E-state index contributed by atoms with van der Waals surface area (Å²) >= 11 is -2.30. The van der Waals surface area contributed by atoms with Crippen LogP contribution in [0.25, 0.3) is 0 Å². The fourth-order valence-electron chi connectivity index (χ4n) is 0.776. The Balaban J connectivity index is 3.12. The van der Waals surface area contributed by atoms with E-state index in [0.29, 0.717) is 0 Å². The second kappa shape index (κ2) is 2.87. The van der Waals surface area contributed by atoms with Crippen LogP contribution < -0.4 is 5.14 Å². The number of hydrogen-bond donors (Lipinski definition) is 1. The van der Waals surface area contributed by atoms with Crippen LogP contribution in [0.5, 0.6) is 0 Å². The Bertz CT molecular complexity index is 334. The van der Waals surface area contributed by atoms with Gasteiger partial charge in [-0.3, -0.25) is 0 Å². The number of sulfonamides is 1. The predicted molar refractivity (Wildman–Crippen MR) is 41.4 cm³/mol. The van der Waals surface area contributed by atoms with E-state index >= 15 is 0 Å². The maximum atomic E-state index is 12.7. The van der Waals surface area contributed by atoms with Crippen LogP contribution >= 0.6 is 0 Å². The van der Waals surface area contributed by atoms with Gasteiger partial charge in [0.15, 0.2) is 0 Å². The molecule has 0 amide bonds. The molecule has 0 aromatic rings. The molecule has 0 atom stereocenters. The zero-order valence-electron chi connectivity index (χ0n) is 5.78. The van der Waals surface area contributed by atoms with Crippen LogP contribution in [-0.4, -0.2) is 35.2 Å². The first kappa shape index (κ1) is 9.21. The molecular formula is C4H6FInN2O2S. The quantitative estimate of drug-likeness (QED) is 0.661. The molecular weight excluding hydrogens is 274 g/mol. The van der Waals surface area contributed by atoms with E-state index in [0.717, 1.165) is 0 Å². The van der Waals surface area contributed by atoms with Crippen LogP contribution in [0.2, 0.25) is 4.68 Å². The average Bonchev–Trinajstić information content (AvgIpc) is 2.08. The summed E-state index contributed by atoms with van der Waals surface area (Å²) in [5.74, 6) is -0.768. The SMILES string of the molecule is [CH3][In]1[CH]=C(F)C(S(N)(=O)=O)=[N]1. The molecule has 0 unspecified atom stereocenters. The van der Waals surface area contributed by atoms with Crippen LogP contribution in [0, 0.1) is 0 Å². The van der Waals surface area contributed by atoms with Gasteiger partial charge in [0.2, 0.25) is 0 Å². The molecule has 0 aromatic carbocycles. The number of halogens is 1. The average molecular weight is 280 g/mol. The molecule has 0 bridgehead atoms. The first-order valence-corrected chi connectivity index (χ1v) is 11.1. The third-order valence-corrected chi connectivity index (χ3v) is 6.67. The summed E-state index contributed by atoms with van der Waals surface area (Å²) in [6.45, 7) is 0. The minimum absolute atomic E-state index is 0.555. The van der Waals surface area contributed by atoms with Crippen LogP contribution in [0.3, 0.4) is 0 Å². The van der Waals surface area contributed by atoms with Crippen molar-refractivity contribution in [2.75, 3.05) is 0 Å². The standard InChI is InChI=1S/C3H3FN2O2S.CH3.In/c1-2(4)3(5)9(6,7)8;;/h1H,(H2,6,7,8);1H3;/q-1;;+1. The van der Waals surface area contributed by atoms with Crippen LogP contribution in [0.4, 0.5) is 4.39 Å². The van der Waals surface area contributed by atoms with Gasteiger partial charge in [-0.2, -0.15) is 0 Å². The first-order valence-electron chi connectivity index (χ1n) is 2.89. The van der Waals surface area contributed by atoms with E-state index in [1.165, 1.54) is 3.83 Å². The zero-order valence-corrected chi connectivity index (χ0v) is 9.89. The Hall–Kier alpha value is 0.120. The summed E-state index contributed by atoms with van der Waals surface area (Å²) in [5.41, 5.74) is 0. The summed E-state index contributed by atoms with van der Waals surface area (Å²) in [7, 11) is -3.93. The summed E-state index contributed by atoms with van der Waals surface area (Å²) in [6, 6.07) is 0. The minimum atomic E-state index is -3.93. The molecule has 11 heavy (non-hydrogen) atoms. The predicted octanol–water partition coefficient (Wildman–Crippen LogP) is -0.299. The van der Waals surface area contributed by atoms with E-state index in [1.807, 2.05) is 0 Å². The summed E-state index contributed by atoms with van der Waals surface area (Å²) in [5, 5.41) is 4.13. The van der Waals surface area contributed by atoms with Crippen LogP contribution in [-0.2, 0) is 10.0 Å². The summed E-state index contributed by atoms with van der Waals surface area (Å²) < 4.78 is 40.6. The van der Waals surface area contributed by atoms with E-state index in [9.17, 15) is 12.8 Å². The third kappa shape index (κ3) is 2.03. The monoisotopic (exact) mass is 280 g/mol. The van der Waals surface area contributed by atoms with Gasteiger partial charge in [-0.05, 0) is 0 Å². The van der Waals surface area contributed by atoms with Gasteiger partial charge in [-0.1, -0.05) is 0 Å². The second-order valence-corrected chi connectivity index (χ2v) is 9.63. The van der Waals surface area contributed by atoms with Gasteiger partial charge in [0.25, 0.3) is 0 Å². The Kier molecular flexibility index (Phi) is 2.40. The molecule has 0 radical (unpaired) electrons.